The second-order valence-corrected chi connectivity index (χ2v) is 8.00. The molecule has 0 heterocycles. The standard InChI is InChI=1S/C16H28N2O6S/c1-9(17-14(22)24-16(5,6)7)12(25)18-10(8-11(19)20)13(21)23-15(2,3)4/h9-10H,8H2,1-7H3,(H,17,22)(H,18,25)(H,19,20)/t9-,10-/m0/s1. The van der Waals surface area contributed by atoms with E-state index in [1.165, 1.54) is 0 Å². The number of nitrogens with one attached hydrogen (secondary N) is 2. The van der Waals surface area contributed by atoms with Crippen molar-refractivity contribution in [1.82, 2.24) is 10.6 Å². The number of esters is 1. The van der Waals surface area contributed by atoms with Crippen LogP contribution < -0.4 is 10.6 Å². The molecule has 0 fully saturated rings. The molecular weight excluding hydrogens is 348 g/mol. The minimum absolute atomic E-state index is 0.1000. The molecule has 0 spiro atoms. The maximum atomic E-state index is 12.1. The van der Waals surface area contributed by atoms with Crippen molar-refractivity contribution in [1.29, 1.82) is 0 Å². The zero-order chi connectivity index (χ0) is 20.0. The van der Waals surface area contributed by atoms with Crippen LogP contribution in [0.2, 0.25) is 0 Å². The third kappa shape index (κ3) is 11.3. The number of hydrogen-bond acceptors (Lipinski definition) is 6. The number of thiocarbonyl (C=S) groups is 1. The van der Waals surface area contributed by atoms with Crippen molar-refractivity contribution >= 4 is 35.2 Å². The molecule has 0 aliphatic heterocycles. The highest BCUT2D eigenvalue weighted by atomic mass is 32.1. The topological polar surface area (TPSA) is 114 Å². The summed E-state index contributed by atoms with van der Waals surface area (Å²) in [4.78, 5) is 35.0. The van der Waals surface area contributed by atoms with Gasteiger partial charge >= 0.3 is 18.0 Å². The highest BCUT2D eigenvalue weighted by molar-refractivity contribution is 7.80. The fourth-order valence-electron chi connectivity index (χ4n) is 1.59. The van der Waals surface area contributed by atoms with Crippen molar-refractivity contribution in [2.24, 2.45) is 0 Å². The number of carbonyl (C=O) groups is 3. The summed E-state index contributed by atoms with van der Waals surface area (Å²) < 4.78 is 10.3. The molecule has 0 unspecified atom stereocenters. The van der Waals surface area contributed by atoms with Gasteiger partial charge in [-0.2, -0.15) is 0 Å². The molecular formula is C16H28N2O6S. The number of carbonyl (C=O) groups excluding carboxylic acids is 2. The fraction of sp³-hybridized carbons (Fsp3) is 0.750. The summed E-state index contributed by atoms with van der Waals surface area (Å²) in [6.45, 7) is 11.8. The number of hydrogen-bond donors (Lipinski definition) is 3. The van der Waals surface area contributed by atoms with Gasteiger partial charge in [0.05, 0.1) is 17.5 Å². The van der Waals surface area contributed by atoms with Crippen LogP contribution in [0.15, 0.2) is 0 Å². The van der Waals surface area contributed by atoms with Gasteiger partial charge in [0, 0.05) is 0 Å². The third-order valence-corrected chi connectivity index (χ3v) is 2.98. The number of carboxylic acids is 1. The second kappa shape index (κ2) is 8.98. The lowest BCUT2D eigenvalue weighted by atomic mass is 10.1. The molecule has 25 heavy (non-hydrogen) atoms. The van der Waals surface area contributed by atoms with Crippen LogP contribution in [0.5, 0.6) is 0 Å². The average molecular weight is 376 g/mol. The van der Waals surface area contributed by atoms with Gasteiger partial charge in [0.25, 0.3) is 0 Å². The summed E-state index contributed by atoms with van der Waals surface area (Å²) in [7, 11) is 0. The van der Waals surface area contributed by atoms with Gasteiger partial charge < -0.3 is 25.2 Å². The first-order chi connectivity index (χ1) is 11.1. The van der Waals surface area contributed by atoms with Crippen molar-refractivity contribution < 1.29 is 29.0 Å². The van der Waals surface area contributed by atoms with E-state index in [4.69, 9.17) is 26.8 Å². The molecule has 0 aliphatic rings. The van der Waals surface area contributed by atoms with E-state index in [2.05, 4.69) is 10.6 Å². The predicted octanol–water partition coefficient (Wildman–Crippen LogP) is 2.00. The van der Waals surface area contributed by atoms with Crippen LogP contribution in [0.25, 0.3) is 0 Å². The largest absolute Gasteiger partial charge is 0.481 e. The first kappa shape index (κ1) is 23.1. The number of alkyl carbamates (subject to hydrolysis) is 1. The minimum Gasteiger partial charge on any atom is -0.481 e. The summed E-state index contributed by atoms with van der Waals surface area (Å²) in [6, 6.07) is -1.82. The first-order valence-electron chi connectivity index (χ1n) is 7.85. The van der Waals surface area contributed by atoms with Crippen LogP contribution in [0.1, 0.15) is 54.9 Å². The molecule has 0 aromatic rings. The summed E-state index contributed by atoms with van der Waals surface area (Å²) in [5.74, 6) is -1.92. The highest BCUT2D eigenvalue weighted by Crippen LogP contribution is 2.11. The van der Waals surface area contributed by atoms with E-state index >= 15 is 0 Å². The number of amides is 1. The van der Waals surface area contributed by atoms with E-state index in [0.717, 1.165) is 0 Å². The van der Waals surface area contributed by atoms with Crippen LogP contribution in [-0.2, 0) is 19.1 Å². The maximum Gasteiger partial charge on any atom is 0.408 e. The molecule has 0 radical (unpaired) electrons. The van der Waals surface area contributed by atoms with E-state index in [0.29, 0.717) is 0 Å². The van der Waals surface area contributed by atoms with Gasteiger partial charge in [-0.3, -0.25) is 4.79 Å². The molecule has 144 valence electrons. The van der Waals surface area contributed by atoms with E-state index < -0.39 is 47.7 Å². The van der Waals surface area contributed by atoms with Crippen molar-refractivity contribution in [3.05, 3.63) is 0 Å². The molecule has 0 rings (SSSR count). The van der Waals surface area contributed by atoms with Crippen molar-refractivity contribution in [2.45, 2.75) is 78.2 Å². The Kier molecular flexibility index (Phi) is 8.30. The van der Waals surface area contributed by atoms with Gasteiger partial charge in [0.1, 0.15) is 17.2 Å². The van der Waals surface area contributed by atoms with Crippen molar-refractivity contribution in [3.8, 4) is 0 Å². The van der Waals surface area contributed by atoms with Gasteiger partial charge in [0.2, 0.25) is 0 Å². The number of rotatable bonds is 6. The Hall–Kier alpha value is -1.90. The molecule has 0 aromatic carbocycles. The summed E-state index contributed by atoms with van der Waals surface area (Å²) in [6.07, 6.45) is -1.18. The summed E-state index contributed by atoms with van der Waals surface area (Å²) >= 11 is 5.14. The second-order valence-electron chi connectivity index (χ2n) is 7.56. The molecule has 1 amide bonds. The lowest BCUT2D eigenvalue weighted by Gasteiger charge is -2.26. The Balaban J connectivity index is 4.87. The molecule has 0 aromatic heterocycles. The Morgan fingerprint density at radius 2 is 1.48 bits per heavy atom. The molecule has 0 aliphatic carbocycles. The Morgan fingerprint density at radius 1 is 1.00 bits per heavy atom. The van der Waals surface area contributed by atoms with E-state index in [-0.39, 0.29) is 4.99 Å². The van der Waals surface area contributed by atoms with E-state index in [1.807, 2.05) is 0 Å². The van der Waals surface area contributed by atoms with Crippen LogP contribution in [0.4, 0.5) is 4.79 Å². The van der Waals surface area contributed by atoms with Crippen LogP contribution in [0.3, 0.4) is 0 Å². The first-order valence-corrected chi connectivity index (χ1v) is 8.26. The van der Waals surface area contributed by atoms with Crippen molar-refractivity contribution in [2.75, 3.05) is 0 Å². The predicted molar refractivity (Wildman–Crippen MR) is 96.5 cm³/mol. The number of carboxylic acid groups (broad SMARTS) is 1. The zero-order valence-corrected chi connectivity index (χ0v) is 16.6. The average Bonchev–Trinajstić information content (AvgIpc) is 2.32. The van der Waals surface area contributed by atoms with Crippen LogP contribution >= 0.6 is 12.2 Å². The van der Waals surface area contributed by atoms with Crippen LogP contribution in [0, 0.1) is 0 Å². The lowest BCUT2D eigenvalue weighted by molar-refractivity contribution is -0.159. The third-order valence-electron chi connectivity index (χ3n) is 2.51. The SMILES string of the molecule is C[C@H](NC(=O)OC(C)(C)C)C(=S)N[C@@H](CC(=O)O)C(=O)OC(C)(C)C. The lowest BCUT2D eigenvalue weighted by Crippen LogP contribution is -2.51. The molecule has 9 heteroatoms. The Labute approximate surface area is 153 Å². The smallest absolute Gasteiger partial charge is 0.408 e. The van der Waals surface area contributed by atoms with Gasteiger partial charge in [-0.05, 0) is 48.5 Å². The maximum absolute atomic E-state index is 12.1. The molecule has 0 bridgehead atoms. The number of ether oxygens (including phenoxy) is 2. The van der Waals surface area contributed by atoms with Gasteiger partial charge in [-0.1, -0.05) is 12.2 Å². The van der Waals surface area contributed by atoms with Gasteiger partial charge in [-0.15, -0.1) is 0 Å². The zero-order valence-electron chi connectivity index (χ0n) is 15.8. The summed E-state index contributed by atoms with van der Waals surface area (Å²) in [5, 5.41) is 14.1. The molecule has 3 N–H and O–H groups in total. The van der Waals surface area contributed by atoms with Crippen molar-refractivity contribution in [3.63, 3.8) is 0 Å². The monoisotopic (exact) mass is 376 g/mol. The molecule has 8 nitrogen and oxygen atoms in total. The summed E-state index contributed by atoms with van der Waals surface area (Å²) in [5.41, 5.74) is -1.43. The van der Waals surface area contributed by atoms with Gasteiger partial charge in [-0.25, -0.2) is 9.59 Å². The molecule has 2 atom stereocenters. The fourth-order valence-corrected chi connectivity index (χ4v) is 1.79. The molecule has 0 saturated heterocycles. The Bertz CT molecular complexity index is 522. The quantitative estimate of drug-likeness (QED) is 0.476. The highest BCUT2D eigenvalue weighted by Gasteiger charge is 2.29. The van der Waals surface area contributed by atoms with Gasteiger partial charge in [0.15, 0.2) is 0 Å². The normalized spacial score (nSPS) is 14.0. The number of aliphatic carboxylic acids is 1. The van der Waals surface area contributed by atoms with E-state index in [9.17, 15) is 14.4 Å². The molecule has 0 saturated carbocycles. The van der Waals surface area contributed by atoms with E-state index in [1.54, 1.807) is 48.5 Å². The van der Waals surface area contributed by atoms with Crippen LogP contribution in [-0.4, -0.2) is 51.4 Å². The Morgan fingerprint density at radius 3 is 1.88 bits per heavy atom. The minimum atomic E-state index is -1.18.